The van der Waals surface area contributed by atoms with Crippen molar-refractivity contribution >= 4 is 45.5 Å². The fourth-order valence-corrected chi connectivity index (χ4v) is 3.04. The molecular formula is C24H15BrN2O5. The lowest BCUT2D eigenvalue weighted by Crippen LogP contribution is -2.14. The first-order chi connectivity index (χ1) is 15.4. The Labute approximate surface area is 191 Å². The first-order valence-electron chi connectivity index (χ1n) is 9.20. The summed E-state index contributed by atoms with van der Waals surface area (Å²) in [5.74, 6) is -2.19. The number of aromatic carboxylic acids is 1. The van der Waals surface area contributed by atoms with Crippen LogP contribution in [0.25, 0.3) is 6.08 Å². The van der Waals surface area contributed by atoms with Gasteiger partial charge in [0.1, 0.15) is 17.4 Å². The molecule has 0 heterocycles. The number of halogens is 1. The van der Waals surface area contributed by atoms with Gasteiger partial charge in [0.25, 0.3) is 5.91 Å². The molecule has 3 aromatic carbocycles. The van der Waals surface area contributed by atoms with Crippen molar-refractivity contribution in [2.24, 2.45) is 0 Å². The Hall–Kier alpha value is -4.22. The van der Waals surface area contributed by atoms with Gasteiger partial charge in [-0.05, 0) is 60.7 Å². The van der Waals surface area contributed by atoms with Gasteiger partial charge in [-0.2, -0.15) is 5.26 Å². The van der Waals surface area contributed by atoms with Gasteiger partial charge >= 0.3 is 11.9 Å². The minimum atomic E-state index is -1.09. The third-order valence-electron chi connectivity index (χ3n) is 4.24. The second kappa shape index (κ2) is 10.2. The number of benzene rings is 3. The van der Waals surface area contributed by atoms with Gasteiger partial charge in [-0.1, -0.05) is 34.1 Å². The highest BCUT2D eigenvalue weighted by atomic mass is 79.9. The van der Waals surface area contributed by atoms with Crippen molar-refractivity contribution in [3.8, 4) is 11.8 Å². The van der Waals surface area contributed by atoms with Crippen LogP contribution < -0.4 is 10.1 Å². The number of esters is 1. The van der Waals surface area contributed by atoms with Crippen LogP contribution in [0.2, 0.25) is 0 Å². The first kappa shape index (κ1) is 22.5. The van der Waals surface area contributed by atoms with E-state index in [4.69, 9.17) is 9.84 Å². The number of rotatable bonds is 6. The Bertz CT molecular complexity index is 1250. The predicted octanol–water partition coefficient (Wildman–Crippen LogP) is 4.91. The molecule has 0 fully saturated rings. The molecule has 3 aromatic rings. The van der Waals surface area contributed by atoms with Gasteiger partial charge in [0.15, 0.2) is 0 Å². The van der Waals surface area contributed by atoms with E-state index >= 15 is 0 Å². The highest BCUT2D eigenvalue weighted by Gasteiger charge is 2.15. The van der Waals surface area contributed by atoms with Crippen LogP contribution in [-0.4, -0.2) is 23.0 Å². The number of carbonyl (C=O) groups excluding carboxylic acids is 2. The topological polar surface area (TPSA) is 116 Å². The molecule has 0 aliphatic carbocycles. The summed E-state index contributed by atoms with van der Waals surface area (Å²) in [6, 6.07) is 20.6. The number of hydrogen-bond donors (Lipinski definition) is 2. The summed E-state index contributed by atoms with van der Waals surface area (Å²) in [4.78, 5) is 35.9. The van der Waals surface area contributed by atoms with E-state index in [2.05, 4.69) is 21.2 Å². The molecule has 158 valence electrons. The van der Waals surface area contributed by atoms with E-state index in [0.29, 0.717) is 21.3 Å². The molecule has 0 saturated carbocycles. The van der Waals surface area contributed by atoms with Gasteiger partial charge in [-0.15, -0.1) is 0 Å². The van der Waals surface area contributed by atoms with Gasteiger partial charge < -0.3 is 15.2 Å². The molecule has 0 atom stereocenters. The van der Waals surface area contributed by atoms with Crippen LogP contribution in [0.15, 0.2) is 82.8 Å². The number of hydrogen-bond acceptors (Lipinski definition) is 5. The number of carboxylic acid groups (broad SMARTS) is 1. The summed E-state index contributed by atoms with van der Waals surface area (Å²) >= 11 is 3.33. The summed E-state index contributed by atoms with van der Waals surface area (Å²) < 4.78 is 6.12. The zero-order chi connectivity index (χ0) is 23.1. The summed E-state index contributed by atoms with van der Waals surface area (Å²) in [6.07, 6.45) is 1.30. The molecule has 0 unspecified atom stereocenters. The lowest BCUT2D eigenvalue weighted by molar-refractivity contribution is -0.112. The minimum absolute atomic E-state index is 0.0676. The molecular weight excluding hydrogens is 476 g/mol. The molecule has 0 aliphatic heterocycles. The number of nitriles is 1. The fraction of sp³-hybridized carbons (Fsp3) is 0. The largest absolute Gasteiger partial charge is 0.478 e. The standard InChI is InChI=1S/C24H15BrN2O5/c25-19-8-11-21(32-24(31)16-4-2-1-3-5-16)17(13-19)12-18(14-26)22(28)27-20-9-6-15(7-10-20)23(29)30/h1-13H,(H,27,28)(H,29,30)/b18-12+. The van der Waals surface area contributed by atoms with E-state index in [1.807, 2.05) is 6.07 Å². The number of nitrogens with zero attached hydrogens (tertiary/aromatic N) is 1. The fourth-order valence-electron chi connectivity index (χ4n) is 2.66. The molecule has 1 amide bonds. The Kier molecular flexibility index (Phi) is 7.16. The average molecular weight is 491 g/mol. The molecule has 3 rings (SSSR count). The average Bonchev–Trinajstić information content (AvgIpc) is 2.79. The molecule has 32 heavy (non-hydrogen) atoms. The molecule has 0 aromatic heterocycles. The van der Waals surface area contributed by atoms with Crippen molar-refractivity contribution < 1.29 is 24.2 Å². The van der Waals surface area contributed by atoms with Gasteiger partial charge in [0, 0.05) is 15.7 Å². The van der Waals surface area contributed by atoms with Gasteiger partial charge in [0.05, 0.1) is 11.1 Å². The summed E-state index contributed by atoms with van der Waals surface area (Å²) in [7, 11) is 0. The zero-order valence-electron chi connectivity index (χ0n) is 16.4. The van der Waals surface area contributed by atoms with Crippen molar-refractivity contribution in [3.05, 3.63) is 99.5 Å². The Morgan fingerprint density at radius 2 is 1.66 bits per heavy atom. The number of nitrogens with one attached hydrogen (secondary N) is 1. The van der Waals surface area contributed by atoms with E-state index in [-0.39, 0.29) is 16.9 Å². The number of anilines is 1. The normalized spacial score (nSPS) is 10.7. The van der Waals surface area contributed by atoms with E-state index in [9.17, 15) is 19.6 Å². The molecule has 0 spiro atoms. The Morgan fingerprint density at radius 1 is 0.969 bits per heavy atom. The Balaban J connectivity index is 1.85. The third-order valence-corrected chi connectivity index (χ3v) is 4.73. The van der Waals surface area contributed by atoms with Crippen molar-refractivity contribution in [3.63, 3.8) is 0 Å². The van der Waals surface area contributed by atoms with Gasteiger partial charge in [-0.25, -0.2) is 9.59 Å². The number of amides is 1. The first-order valence-corrected chi connectivity index (χ1v) is 10.00. The lowest BCUT2D eigenvalue weighted by atomic mass is 10.1. The number of carbonyl (C=O) groups is 3. The summed E-state index contributed by atoms with van der Waals surface area (Å²) in [5, 5.41) is 21.0. The van der Waals surface area contributed by atoms with E-state index in [1.165, 1.54) is 30.3 Å². The zero-order valence-corrected chi connectivity index (χ0v) is 18.0. The maximum absolute atomic E-state index is 12.6. The van der Waals surface area contributed by atoms with Crippen LogP contribution in [0.4, 0.5) is 5.69 Å². The smallest absolute Gasteiger partial charge is 0.343 e. The maximum Gasteiger partial charge on any atom is 0.343 e. The molecule has 0 saturated heterocycles. The quantitative estimate of drug-likeness (QED) is 0.219. The van der Waals surface area contributed by atoms with E-state index < -0.39 is 17.8 Å². The van der Waals surface area contributed by atoms with Crippen LogP contribution in [0.5, 0.6) is 5.75 Å². The lowest BCUT2D eigenvalue weighted by Gasteiger charge is -2.09. The molecule has 7 nitrogen and oxygen atoms in total. The SMILES string of the molecule is N#C/C(=C\c1cc(Br)ccc1OC(=O)c1ccccc1)C(=O)Nc1ccc(C(=O)O)cc1. The monoisotopic (exact) mass is 490 g/mol. The molecule has 0 bridgehead atoms. The van der Waals surface area contributed by atoms with Crippen molar-refractivity contribution in [1.29, 1.82) is 5.26 Å². The van der Waals surface area contributed by atoms with Crippen LogP contribution in [0.3, 0.4) is 0 Å². The minimum Gasteiger partial charge on any atom is -0.478 e. The van der Waals surface area contributed by atoms with Crippen LogP contribution in [-0.2, 0) is 4.79 Å². The highest BCUT2D eigenvalue weighted by molar-refractivity contribution is 9.10. The van der Waals surface area contributed by atoms with Crippen LogP contribution in [0, 0.1) is 11.3 Å². The Morgan fingerprint density at radius 3 is 2.28 bits per heavy atom. The maximum atomic E-state index is 12.6. The van der Waals surface area contributed by atoms with Crippen LogP contribution in [0.1, 0.15) is 26.3 Å². The number of carboxylic acids is 1. The molecule has 8 heteroatoms. The van der Waals surface area contributed by atoms with Crippen LogP contribution >= 0.6 is 15.9 Å². The summed E-state index contributed by atoms with van der Waals surface area (Å²) in [6.45, 7) is 0. The second-order valence-corrected chi connectivity index (χ2v) is 7.36. The molecule has 0 radical (unpaired) electrons. The van der Waals surface area contributed by atoms with E-state index in [1.54, 1.807) is 48.5 Å². The third kappa shape index (κ3) is 5.68. The molecule has 2 N–H and O–H groups in total. The highest BCUT2D eigenvalue weighted by Crippen LogP contribution is 2.27. The van der Waals surface area contributed by atoms with Gasteiger partial charge in [-0.3, -0.25) is 4.79 Å². The van der Waals surface area contributed by atoms with Crippen molar-refractivity contribution in [1.82, 2.24) is 0 Å². The van der Waals surface area contributed by atoms with E-state index in [0.717, 1.165) is 0 Å². The van der Waals surface area contributed by atoms with Gasteiger partial charge in [0.2, 0.25) is 0 Å². The van der Waals surface area contributed by atoms with Crippen molar-refractivity contribution in [2.45, 2.75) is 0 Å². The number of ether oxygens (including phenoxy) is 1. The molecule has 0 aliphatic rings. The second-order valence-electron chi connectivity index (χ2n) is 6.44. The summed E-state index contributed by atoms with van der Waals surface area (Å²) in [5.41, 5.74) is 0.858. The van der Waals surface area contributed by atoms with Crippen molar-refractivity contribution in [2.75, 3.05) is 5.32 Å². The predicted molar refractivity (Wildman–Crippen MR) is 121 cm³/mol.